The van der Waals surface area contributed by atoms with E-state index in [0.29, 0.717) is 41.7 Å². The van der Waals surface area contributed by atoms with Crippen molar-refractivity contribution in [3.8, 4) is 0 Å². The second kappa shape index (κ2) is 13.0. The van der Waals surface area contributed by atoms with E-state index in [1.807, 2.05) is 6.92 Å². The third-order valence-corrected chi connectivity index (χ3v) is 7.56. The minimum Gasteiger partial charge on any atom is -0.464 e. The summed E-state index contributed by atoms with van der Waals surface area (Å²) in [6, 6.07) is 15.2. The zero-order valence-electron chi connectivity index (χ0n) is 20.3. The first-order valence-electron chi connectivity index (χ1n) is 11.6. The highest BCUT2D eigenvalue weighted by molar-refractivity contribution is 7.89. The summed E-state index contributed by atoms with van der Waals surface area (Å²) < 4.78 is 52.4. The molecule has 0 spiro atoms. The number of nitrogens with zero attached hydrogens (tertiary/aromatic N) is 2. The monoisotopic (exact) mass is 536 g/mol. The molecular weight excluding hydrogens is 507 g/mol. The highest BCUT2D eigenvalue weighted by Gasteiger charge is 2.29. The summed E-state index contributed by atoms with van der Waals surface area (Å²) in [4.78, 5) is 15.1. The van der Waals surface area contributed by atoms with Crippen molar-refractivity contribution in [1.29, 1.82) is 0 Å². The predicted octanol–water partition coefficient (Wildman–Crippen LogP) is 5.03. The number of carbonyl (C=O) groups is 1. The van der Waals surface area contributed by atoms with Gasteiger partial charge in [-0.25, -0.2) is 12.8 Å². The van der Waals surface area contributed by atoms with Crippen LogP contribution in [0.2, 0.25) is 5.02 Å². The van der Waals surface area contributed by atoms with E-state index in [9.17, 15) is 17.6 Å². The Morgan fingerprint density at radius 1 is 1.03 bits per heavy atom. The number of hydrogen-bond donors (Lipinski definition) is 0. The molecule has 0 N–H and O–H groups in total. The van der Waals surface area contributed by atoms with Crippen LogP contribution in [0, 0.1) is 12.7 Å². The first-order valence-corrected chi connectivity index (χ1v) is 13.4. The number of rotatable bonds is 13. The number of carbonyl (C=O) groups excluding carboxylic acids is 1. The Hall–Kier alpha value is -2.72. The fourth-order valence-corrected chi connectivity index (χ4v) is 5.13. The molecule has 1 aromatic heterocycles. The van der Waals surface area contributed by atoms with Gasteiger partial charge in [0.15, 0.2) is 0 Å². The summed E-state index contributed by atoms with van der Waals surface area (Å²) in [5, 5.41) is 0.409. The van der Waals surface area contributed by atoms with Gasteiger partial charge in [-0.1, -0.05) is 23.7 Å². The minimum absolute atomic E-state index is 0.0443. The largest absolute Gasteiger partial charge is 0.464 e. The summed E-state index contributed by atoms with van der Waals surface area (Å²) in [5.41, 5.74) is 0.705. The number of amides is 1. The number of furan rings is 1. The van der Waals surface area contributed by atoms with E-state index >= 15 is 0 Å². The van der Waals surface area contributed by atoms with E-state index in [-0.39, 0.29) is 36.9 Å². The van der Waals surface area contributed by atoms with E-state index < -0.39 is 15.9 Å². The number of ether oxygens (including phenoxy) is 1. The second-order valence-electron chi connectivity index (χ2n) is 8.23. The molecule has 3 rings (SSSR count). The molecule has 0 unspecified atom stereocenters. The lowest BCUT2D eigenvalue weighted by atomic mass is 10.2. The van der Waals surface area contributed by atoms with Crippen molar-refractivity contribution in [3.63, 3.8) is 0 Å². The molecule has 0 atom stereocenters. The van der Waals surface area contributed by atoms with Crippen molar-refractivity contribution in [2.75, 3.05) is 26.3 Å². The van der Waals surface area contributed by atoms with Crippen molar-refractivity contribution in [1.82, 2.24) is 9.21 Å². The Bertz CT molecular complexity index is 1230. The third-order valence-electron chi connectivity index (χ3n) is 5.45. The smallest absolute Gasteiger partial charge is 0.243 e. The Kier molecular flexibility index (Phi) is 10.1. The molecule has 0 aliphatic rings. The molecule has 0 radical (unpaired) electrons. The van der Waals surface area contributed by atoms with Crippen LogP contribution in [0.15, 0.2) is 70.0 Å². The lowest BCUT2D eigenvalue weighted by molar-refractivity contribution is -0.133. The third kappa shape index (κ3) is 7.89. The molecular formula is C26H30ClFN2O5S. The average molecular weight is 537 g/mol. The number of halogens is 2. The number of benzene rings is 2. The van der Waals surface area contributed by atoms with E-state index in [0.717, 1.165) is 4.31 Å². The van der Waals surface area contributed by atoms with Crippen molar-refractivity contribution in [3.05, 3.63) is 88.6 Å². The maximum absolute atomic E-state index is 13.5. The van der Waals surface area contributed by atoms with Crippen LogP contribution in [0.5, 0.6) is 0 Å². The maximum atomic E-state index is 13.5. The molecule has 0 aliphatic heterocycles. The van der Waals surface area contributed by atoms with Gasteiger partial charge in [-0.15, -0.1) is 0 Å². The lowest BCUT2D eigenvalue weighted by Crippen LogP contribution is -2.43. The molecule has 1 heterocycles. The van der Waals surface area contributed by atoms with E-state index in [1.54, 1.807) is 31.2 Å². The number of aryl methyl sites for hydroxylation is 1. The van der Waals surface area contributed by atoms with Crippen LogP contribution in [-0.4, -0.2) is 49.8 Å². The summed E-state index contributed by atoms with van der Waals surface area (Å²) in [6.07, 6.45) is 0.420. The fraction of sp³-hybridized carbons (Fsp3) is 0.346. The molecule has 0 bridgehead atoms. The molecule has 0 aliphatic carbocycles. The summed E-state index contributed by atoms with van der Waals surface area (Å²) in [7, 11) is -3.98. The molecule has 194 valence electrons. The second-order valence-corrected chi connectivity index (χ2v) is 10.6. The highest BCUT2D eigenvalue weighted by Crippen LogP contribution is 2.20. The van der Waals surface area contributed by atoms with Gasteiger partial charge < -0.3 is 14.1 Å². The maximum Gasteiger partial charge on any atom is 0.243 e. The molecule has 7 nitrogen and oxygen atoms in total. The van der Waals surface area contributed by atoms with Crippen LogP contribution in [-0.2, 0) is 32.6 Å². The van der Waals surface area contributed by atoms with Crippen LogP contribution >= 0.6 is 11.6 Å². The van der Waals surface area contributed by atoms with Gasteiger partial charge in [0.2, 0.25) is 15.9 Å². The first-order chi connectivity index (χ1) is 17.2. The zero-order valence-corrected chi connectivity index (χ0v) is 21.9. The standard InChI is InChI=1S/C26H30ClFN2O5S/c1-3-34-16-4-15-30(36(32,33)25-13-8-22(27)9-14-25)19-26(31)29(18-24-12-5-20(2)35-24)17-21-6-10-23(28)11-7-21/h5-14H,3-4,15-19H2,1-2H3. The van der Waals surface area contributed by atoms with Crippen LogP contribution in [0.3, 0.4) is 0 Å². The number of sulfonamides is 1. The van der Waals surface area contributed by atoms with Gasteiger partial charge in [-0.2, -0.15) is 4.31 Å². The predicted molar refractivity (Wildman–Crippen MR) is 135 cm³/mol. The zero-order chi connectivity index (χ0) is 26.1. The van der Waals surface area contributed by atoms with Crippen molar-refractivity contribution < 1.29 is 26.8 Å². The Morgan fingerprint density at radius 2 is 1.72 bits per heavy atom. The van der Waals surface area contributed by atoms with Crippen molar-refractivity contribution >= 4 is 27.5 Å². The van der Waals surface area contributed by atoms with Crippen LogP contribution < -0.4 is 0 Å². The molecule has 1 amide bonds. The molecule has 10 heteroatoms. The normalized spacial score (nSPS) is 11.7. The van der Waals surface area contributed by atoms with Crippen LogP contribution in [0.25, 0.3) is 0 Å². The first kappa shape index (κ1) is 27.9. The van der Waals surface area contributed by atoms with Crippen LogP contribution in [0.1, 0.15) is 30.4 Å². The Morgan fingerprint density at radius 3 is 2.33 bits per heavy atom. The molecule has 36 heavy (non-hydrogen) atoms. The highest BCUT2D eigenvalue weighted by atomic mass is 35.5. The minimum atomic E-state index is -3.98. The van der Waals surface area contributed by atoms with Gasteiger partial charge in [-0.3, -0.25) is 4.79 Å². The van der Waals surface area contributed by atoms with Gasteiger partial charge in [0.1, 0.15) is 17.3 Å². The Labute approximate surface area is 216 Å². The van der Waals surface area contributed by atoms with E-state index in [1.165, 1.54) is 41.3 Å². The molecule has 0 saturated heterocycles. The molecule has 0 saturated carbocycles. The average Bonchev–Trinajstić information content (AvgIpc) is 3.26. The van der Waals surface area contributed by atoms with E-state index in [2.05, 4.69) is 0 Å². The molecule has 3 aromatic rings. The summed E-state index contributed by atoms with van der Waals surface area (Å²) in [6.45, 7) is 4.55. The fourth-order valence-electron chi connectivity index (χ4n) is 3.58. The Balaban J connectivity index is 1.85. The SMILES string of the molecule is CCOCCCN(CC(=O)N(Cc1ccc(F)cc1)Cc1ccc(C)o1)S(=O)(=O)c1ccc(Cl)cc1. The quantitative estimate of drug-likeness (QED) is 0.286. The van der Waals surface area contributed by atoms with Gasteiger partial charge in [0, 0.05) is 31.3 Å². The summed E-state index contributed by atoms with van der Waals surface area (Å²) in [5.74, 6) is 0.462. The topological polar surface area (TPSA) is 80.1 Å². The summed E-state index contributed by atoms with van der Waals surface area (Å²) >= 11 is 5.93. The van der Waals surface area contributed by atoms with Crippen molar-refractivity contribution in [2.24, 2.45) is 0 Å². The molecule has 2 aromatic carbocycles. The molecule has 0 fully saturated rings. The number of hydrogen-bond acceptors (Lipinski definition) is 5. The van der Waals surface area contributed by atoms with Gasteiger partial charge in [0.25, 0.3) is 0 Å². The van der Waals surface area contributed by atoms with E-state index in [4.69, 9.17) is 20.8 Å². The van der Waals surface area contributed by atoms with Crippen LogP contribution in [0.4, 0.5) is 4.39 Å². The van der Waals surface area contributed by atoms with Gasteiger partial charge >= 0.3 is 0 Å². The lowest BCUT2D eigenvalue weighted by Gasteiger charge is -2.27. The van der Waals surface area contributed by atoms with Crippen molar-refractivity contribution in [2.45, 2.75) is 38.3 Å². The van der Waals surface area contributed by atoms with Gasteiger partial charge in [-0.05, 0) is 74.4 Å². The van der Waals surface area contributed by atoms with Gasteiger partial charge in [0.05, 0.1) is 18.0 Å².